The van der Waals surface area contributed by atoms with Crippen LogP contribution in [0.1, 0.15) is 6.42 Å². The molecule has 1 aromatic carbocycles. The van der Waals surface area contributed by atoms with E-state index in [1.165, 1.54) is 4.57 Å². The van der Waals surface area contributed by atoms with Crippen LogP contribution in [0.2, 0.25) is 0 Å². The van der Waals surface area contributed by atoms with Crippen molar-refractivity contribution in [2.75, 3.05) is 11.4 Å². The quantitative estimate of drug-likeness (QED) is 0.715. The van der Waals surface area contributed by atoms with Gasteiger partial charge in [0.15, 0.2) is 11.2 Å². The van der Waals surface area contributed by atoms with Gasteiger partial charge < -0.3 is 14.6 Å². The van der Waals surface area contributed by atoms with Crippen molar-refractivity contribution >= 4 is 22.8 Å². The molecule has 3 aromatic rings. The van der Waals surface area contributed by atoms with Gasteiger partial charge >= 0.3 is 5.69 Å². The number of imidazole rings is 1. The van der Waals surface area contributed by atoms with Gasteiger partial charge in [-0.05, 0) is 12.1 Å². The number of hydrogen-bond donors (Lipinski definition) is 1. The second-order valence-corrected chi connectivity index (χ2v) is 6.50. The Kier molecular flexibility index (Phi) is 4.05. The minimum atomic E-state index is -0.695. The first kappa shape index (κ1) is 17.1. The Hall–Kier alpha value is -3.38. The van der Waals surface area contributed by atoms with Crippen molar-refractivity contribution in [1.29, 1.82) is 5.26 Å². The van der Waals surface area contributed by atoms with Gasteiger partial charge in [0, 0.05) is 19.3 Å². The Morgan fingerprint density at radius 1 is 1.26 bits per heavy atom. The zero-order valence-corrected chi connectivity index (χ0v) is 14.7. The van der Waals surface area contributed by atoms with Crippen LogP contribution < -0.4 is 16.1 Å². The van der Waals surface area contributed by atoms with Crippen LogP contribution in [0.5, 0.6) is 0 Å². The summed E-state index contributed by atoms with van der Waals surface area (Å²) in [5, 5.41) is 19.2. The van der Waals surface area contributed by atoms with Gasteiger partial charge in [-0.3, -0.25) is 13.9 Å². The molecule has 0 amide bonds. The molecule has 1 N–H and O–H groups in total. The number of rotatable bonds is 3. The van der Waals surface area contributed by atoms with E-state index in [1.807, 2.05) is 41.3 Å². The lowest BCUT2D eigenvalue weighted by atomic mass is 10.2. The van der Waals surface area contributed by atoms with Crippen LogP contribution in [0.4, 0.5) is 11.6 Å². The monoisotopic (exact) mass is 366 g/mol. The van der Waals surface area contributed by atoms with Crippen LogP contribution in [0.15, 0.2) is 39.9 Å². The summed E-state index contributed by atoms with van der Waals surface area (Å²) in [4.78, 5) is 31.9. The summed E-state index contributed by atoms with van der Waals surface area (Å²) in [7, 11) is 1.55. The third-order valence-electron chi connectivity index (χ3n) is 4.76. The van der Waals surface area contributed by atoms with Gasteiger partial charge in [-0.2, -0.15) is 10.2 Å². The minimum Gasteiger partial charge on any atom is -0.389 e. The van der Waals surface area contributed by atoms with E-state index < -0.39 is 17.4 Å². The summed E-state index contributed by atoms with van der Waals surface area (Å²) in [5.74, 6) is 0.506. The Balaban J connectivity index is 2.00. The molecule has 0 saturated heterocycles. The lowest BCUT2D eigenvalue weighted by molar-refractivity contribution is 0.154. The first-order chi connectivity index (χ1) is 13.0. The highest BCUT2D eigenvalue weighted by Crippen LogP contribution is 2.30. The smallest absolute Gasteiger partial charge is 0.332 e. The molecule has 2 aromatic heterocycles. The van der Waals surface area contributed by atoms with E-state index in [1.54, 1.807) is 11.6 Å². The largest absolute Gasteiger partial charge is 0.389 e. The molecular formula is C18H18N6O3. The van der Waals surface area contributed by atoms with Gasteiger partial charge in [-0.25, -0.2) is 4.79 Å². The number of nitriles is 1. The van der Waals surface area contributed by atoms with Gasteiger partial charge in [-0.1, -0.05) is 18.2 Å². The molecule has 1 unspecified atom stereocenters. The number of para-hydroxylation sites is 1. The first-order valence-corrected chi connectivity index (χ1v) is 8.60. The maximum Gasteiger partial charge on any atom is 0.332 e. The molecule has 0 aliphatic carbocycles. The summed E-state index contributed by atoms with van der Waals surface area (Å²) >= 11 is 0. The van der Waals surface area contributed by atoms with Crippen LogP contribution in [-0.4, -0.2) is 36.4 Å². The predicted octanol–water partition coefficient (Wildman–Crippen LogP) is 0.323. The van der Waals surface area contributed by atoms with Gasteiger partial charge in [0.05, 0.1) is 31.7 Å². The van der Waals surface area contributed by atoms with Gasteiger partial charge in [0.2, 0.25) is 5.95 Å². The molecule has 1 aliphatic heterocycles. The Morgan fingerprint density at radius 3 is 2.70 bits per heavy atom. The van der Waals surface area contributed by atoms with Crippen LogP contribution in [-0.2, 0) is 20.1 Å². The lowest BCUT2D eigenvalue weighted by Gasteiger charge is -2.32. The van der Waals surface area contributed by atoms with Crippen molar-refractivity contribution in [3.05, 3.63) is 51.2 Å². The normalized spacial score (nSPS) is 16.3. The Bertz CT molecular complexity index is 1170. The van der Waals surface area contributed by atoms with Crippen molar-refractivity contribution in [1.82, 2.24) is 18.7 Å². The van der Waals surface area contributed by atoms with Crippen LogP contribution in [0.25, 0.3) is 11.2 Å². The molecule has 0 radical (unpaired) electrons. The number of fused-ring (bicyclic) bond motifs is 3. The molecule has 0 fully saturated rings. The molecule has 0 saturated carbocycles. The van der Waals surface area contributed by atoms with E-state index in [-0.39, 0.29) is 30.7 Å². The van der Waals surface area contributed by atoms with E-state index in [2.05, 4.69) is 4.98 Å². The van der Waals surface area contributed by atoms with Crippen molar-refractivity contribution in [3.63, 3.8) is 0 Å². The van der Waals surface area contributed by atoms with Crippen LogP contribution >= 0.6 is 0 Å². The van der Waals surface area contributed by atoms with Crippen LogP contribution in [0, 0.1) is 11.3 Å². The first-order valence-electron chi connectivity index (χ1n) is 8.60. The fourth-order valence-corrected chi connectivity index (χ4v) is 3.49. The molecule has 1 aliphatic rings. The molecule has 9 nitrogen and oxygen atoms in total. The van der Waals surface area contributed by atoms with E-state index in [0.717, 1.165) is 10.3 Å². The molecule has 0 bridgehead atoms. The number of aryl methyl sites for hydroxylation is 1. The van der Waals surface area contributed by atoms with Crippen molar-refractivity contribution in [2.45, 2.75) is 25.6 Å². The van der Waals surface area contributed by atoms with Crippen molar-refractivity contribution in [3.8, 4) is 6.07 Å². The average Bonchev–Trinajstić information content (AvgIpc) is 3.06. The molecule has 1 atom stereocenters. The van der Waals surface area contributed by atoms with Gasteiger partial charge in [0.25, 0.3) is 5.56 Å². The number of hydrogen-bond acceptors (Lipinski definition) is 6. The summed E-state index contributed by atoms with van der Waals surface area (Å²) in [6, 6.07) is 11.4. The third-order valence-corrected chi connectivity index (χ3v) is 4.76. The number of anilines is 2. The van der Waals surface area contributed by atoms with Crippen molar-refractivity contribution < 1.29 is 5.11 Å². The second-order valence-electron chi connectivity index (χ2n) is 6.50. The highest BCUT2D eigenvalue weighted by atomic mass is 16.3. The zero-order valence-electron chi connectivity index (χ0n) is 14.7. The maximum atomic E-state index is 13.0. The Labute approximate surface area is 153 Å². The summed E-state index contributed by atoms with van der Waals surface area (Å²) < 4.78 is 4.02. The molecule has 3 heterocycles. The number of benzene rings is 1. The molecule has 138 valence electrons. The fraction of sp³-hybridized carbons (Fsp3) is 0.333. The predicted molar refractivity (Wildman–Crippen MR) is 98.9 cm³/mol. The third kappa shape index (κ3) is 2.62. The fourth-order valence-electron chi connectivity index (χ4n) is 3.49. The van der Waals surface area contributed by atoms with E-state index >= 15 is 0 Å². The van der Waals surface area contributed by atoms with Crippen molar-refractivity contribution in [2.24, 2.45) is 7.05 Å². The van der Waals surface area contributed by atoms with Gasteiger partial charge in [0.1, 0.15) is 0 Å². The Morgan fingerprint density at radius 2 is 2.00 bits per heavy atom. The summed E-state index contributed by atoms with van der Waals surface area (Å²) in [5.41, 5.74) is 0.352. The highest BCUT2D eigenvalue weighted by molar-refractivity contribution is 5.77. The number of β-amino-alcohol motifs (C(OH)–C–C–N with tert-alkyl or cyclic N) is 1. The summed E-state index contributed by atoms with van der Waals surface area (Å²) in [6.07, 6.45) is -0.639. The standard InChI is InChI=1S/C18H18N6O3/c1-21-15-14(16(26)22(18(21)27)9-5-8-19)24-11-13(25)10-23(17(24)20-15)12-6-3-2-4-7-12/h2-4,6-7,13,25H,5,9-11H2,1H3. The van der Waals surface area contributed by atoms with E-state index in [9.17, 15) is 14.7 Å². The topological polar surface area (TPSA) is 109 Å². The maximum absolute atomic E-state index is 13.0. The SMILES string of the molecule is Cn1c(=O)n(CCC#N)c(=O)c2c1nc1n2CC(O)CN1c1ccccc1. The molecule has 0 spiro atoms. The molecule has 4 rings (SSSR count). The van der Waals surface area contributed by atoms with Gasteiger partial charge in [-0.15, -0.1) is 0 Å². The summed E-state index contributed by atoms with van der Waals surface area (Å²) in [6.45, 7) is 0.564. The number of nitrogens with zero attached hydrogens (tertiary/aromatic N) is 6. The minimum absolute atomic E-state index is 0.0173. The average molecular weight is 366 g/mol. The van der Waals surface area contributed by atoms with E-state index in [0.29, 0.717) is 12.5 Å². The molecule has 9 heteroatoms. The van der Waals surface area contributed by atoms with Crippen LogP contribution in [0.3, 0.4) is 0 Å². The number of aromatic nitrogens is 4. The molecular weight excluding hydrogens is 348 g/mol. The van der Waals surface area contributed by atoms with E-state index in [4.69, 9.17) is 5.26 Å². The zero-order chi connectivity index (χ0) is 19.1. The number of aliphatic hydroxyl groups is 1. The molecule has 27 heavy (non-hydrogen) atoms. The highest BCUT2D eigenvalue weighted by Gasteiger charge is 2.30. The number of aliphatic hydroxyl groups excluding tert-OH is 1. The lowest BCUT2D eigenvalue weighted by Crippen LogP contribution is -2.41. The second kappa shape index (κ2) is 6.41.